The summed E-state index contributed by atoms with van der Waals surface area (Å²) in [6.07, 6.45) is 0. The molecular formula is C17H17BrN2O2S. The third-order valence-corrected chi connectivity index (χ3v) is 4.61. The Morgan fingerprint density at radius 1 is 0.957 bits per heavy atom. The minimum atomic E-state index is -0.231. The van der Waals surface area contributed by atoms with Crippen molar-refractivity contribution in [2.45, 2.75) is 24.0 Å². The van der Waals surface area contributed by atoms with Gasteiger partial charge >= 0.3 is 0 Å². The second-order valence-corrected chi connectivity index (χ2v) is 7.29. The van der Waals surface area contributed by atoms with Crippen LogP contribution < -0.4 is 10.6 Å². The number of carbonyl (C=O) groups is 2. The highest BCUT2D eigenvalue weighted by Crippen LogP contribution is 2.26. The van der Waals surface area contributed by atoms with Crippen molar-refractivity contribution in [3.8, 4) is 0 Å². The van der Waals surface area contributed by atoms with E-state index in [1.807, 2.05) is 55.5 Å². The van der Waals surface area contributed by atoms with Gasteiger partial charge in [0.05, 0.1) is 5.25 Å². The molecule has 0 spiro atoms. The Morgan fingerprint density at radius 3 is 2.04 bits per heavy atom. The number of carbonyl (C=O) groups excluding carboxylic acids is 2. The van der Waals surface area contributed by atoms with Gasteiger partial charge in [-0.05, 0) is 55.5 Å². The predicted molar refractivity (Wildman–Crippen MR) is 98.8 cm³/mol. The zero-order chi connectivity index (χ0) is 16.8. The lowest BCUT2D eigenvalue weighted by Gasteiger charge is -2.12. The number of thioether (sulfide) groups is 1. The van der Waals surface area contributed by atoms with Gasteiger partial charge in [0.2, 0.25) is 11.8 Å². The van der Waals surface area contributed by atoms with Crippen LogP contribution in [0, 0.1) is 0 Å². The largest absolute Gasteiger partial charge is 0.326 e. The minimum Gasteiger partial charge on any atom is -0.326 e. The molecule has 2 aromatic carbocycles. The average Bonchev–Trinajstić information content (AvgIpc) is 2.51. The first-order chi connectivity index (χ1) is 10.9. The van der Waals surface area contributed by atoms with Crippen molar-refractivity contribution < 1.29 is 9.59 Å². The number of hydrogen-bond acceptors (Lipinski definition) is 3. The average molecular weight is 393 g/mol. The third-order valence-electron chi connectivity index (χ3n) is 2.97. The van der Waals surface area contributed by atoms with Crippen molar-refractivity contribution >= 4 is 50.9 Å². The first-order valence-electron chi connectivity index (χ1n) is 7.05. The van der Waals surface area contributed by atoms with Gasteiger partial charge in [0.15, 0.2) is 0 Å². The molecule has 2 amide bonds. The number of amides is 2. The first-order valence-corrected chi connectivity index (χ1v) is 8.72. The van der Waals surface area contributed by atoms with Gasteiger partial charge in [-0.3, -0.25) is 9.59 Å². The van der Waals surface area contributed by atoms with Crippen LogP contribution in [0.1, 0.15) is 13.8 Å². The molecule has 0 aliphatic heterocycles. The van der Waals surface area contributed by atoms with Gasteiger partial charge in [-0.25, -0.2) is 0 Å². The Hall–Kier alpha value is -1.79. The Kier molecular flexibility index (Phi) is 6.24. The van der Waals surface area contributed by atoms with Gasteiger partial charge in [-0.1, -0.05) is 15.9 Å². The number of hydrogen-bond donors (Lipinski definition) is 2. The topological polar surface area (TPSA) is 58.2 Å². The van der Waals surface area contributed by atoms with Gasteiger partial charge in [0, 0.05) is 27.7 Å². The van der Waals surface area contributed by atoms with E-state index >= 15 is 0 Å². The normalized spacial score (nSPS) is 11.6. The smallest absolute Gasteiger partial charge is 0.237 e. The van der Waals surface area contributed by atoms with E-state index in [-0.39, 0.29) is 17.1 Å². The van der Waals surface area contributed by atoms with Gasteiger partial charge in [0.1, 0.15) is 0 Å². The van der Waals surface area contributed by atoms with Gasteiger partial charge < -0.3 is 10.6 Å². The fourth-order valence-corrected chi connectivity index (χ4v) is 2.99. The molecule has 120 valence electrons. The summed E-state index contributed by atoms with van der Waals surface area (Å²) in [5, 5.41) is 5.37. The summed E-state index contributed by atoms with van der Waals surface area (Å²) < 4.78 is 0.970. The number of halogens is 1. The molecular weight excluding hydrogens is 376 g/mol. The molecule has 1 atom stereocenters. The molecule has 0 radical (unpaired) electrons. The fourth-order valence-electron chi connectivity index (χ4n) is 1.85. The maximum Gasteiger partial charge on any atom is 0.237 e. The van der Waals surface area contributed by atoms with Crippen LogP contribution in [0.2, 0.25) is 0 Å². The van der Waals surface area contributed by atoms with Crippen LogP contribution in [-0.2, 0) is 9.59 Å². The van der Waals surface area contributed by atoms with E-state index in [1.165, 1.54) is 18.7 Å². The lowest BCUT2D eigenvalue weighted by molar-refractivity contribution is -0.115. The number of rotatable bonds is 5. The Bertz CT molecular complexity index is 687. The molecule has 0 bridgehead atoms. The molecule has 0 aromatic heterocycles. The van der Waals surface area contributed by atoms with E-state index in [0.717, 1.165) is 20.7 Å². The third kappa shape index (κ3) is 5.73. The summed E-state index contributed by atoms with van der Waals surface area (Å²) in [6.45, 7) is 3.33. The monoisotopic (exact) mass is 392 g/mol. The van der Waals surface area contributed by atoms with Crippen molar-refractivity contribution in [1.29, 1.82) is 0 Å². The van der Waals surface area contributed by atoms with Crippen LogP contribution >= 0.6 is 27.7 Å². The zero-order valence-electron chi connectivity index (χ0n) is 12.8. The molecule has 4 nitrogen and oxygen atoms in total. The summed E-state index contributed by atoms with van der Waals surface area (Å²) in [5.41, 5.74) is 1.51. The molecule has 2 rings (SSSR count). The minimum absolute atomic E-state index is 0.0525. The predicted octanol–water partition coefficient (Wildman–Crippen LogP) is 4.53. The van der Waals surface area contributed by atoms with Gasteiger partial charge in [0.25, 0.3) is 0 Å². The molecule has 0 aliphatic rings. The molecule has 0 unspecified atom stereocenters. The highest BCUT2D eigenvalue weighted by molar-refractivity contribution is 9.10. The van der Waals surface area contributed by atoms with E-state index in [2.05, 4.69) is 26.6 Å². The maximum atomic E-state index is 12.2. The molecule has 0 heterocycles. The number of anilines is 2. The van der Waals surface area contributed by atoms with Crippen LogP contribution in [0.3, 0.4) is 0 Å². The Morgan fingerprint density at radius 2 is 1.48 bits per heavy atom. The van der Waals surface area contributed by atoms with E-state index < -0.39 is 0 Å². The van der Waals surface area contributed by atoms with E-state index in [1.54, 1.807) is 0 Å². The highest BCUT2D eigenvalue weighted by Gasteiger charge is 2.14. The SMILES string of the molecule is CC(=O)Nc1ccc(S[C@@H](C)C(=O)Nc2ccc(Br)cc2)cc1. The molecule has 6 heteroatoms. The quantitative estimate of drug-likeness (QED) is 0.734. The summed E-state index contributed by atoms with van der Waals surface area (Å²) in [6, 6.07) is 14.9. The standard InChI is InChI=1S/C17H17BrN2O2S/c1-11(17(22)20-15-5-3-13(18)4-6-15)23-16-9-7-14(8-10-16)19-12(2)21/h3-11H,1-2H3,(H,19,21)(H,20,22)/t11-/m0/s1. The summed E-state index contributed by atoms with van der Waals surface area (Å²) in [5.74, 6) is -0.157. The molecule has 2 N–H and O–H groups in total. The maximum absolute atomic E-state index is 12.2. The van der Waals surface area contributed by atoms with Gasteiger partial charge in [-0.2, -0.15) is 0 Å². The highest BCUT2D eigenvalue weighted by atomic mass is 79.9. The van der Waals surface area contributed by atoms with Crippen LogP contribution in [0.4, 0.5) is 11.4 Å². The molecule has 0 saturated heterocycles. The van der Waals surface area contributed by atoms with E-state index in [9.17, 15) is 9.59 Å². The van der Waals surface area contributed by atoms with Crippen molar-refractivity contribution in [2.24, 2.45) is 0 Å². The Labute approximate surface area is 148 Å². The van der Waals surface area contributed by atoms with Crippen LogP contribution in [0.15, 0.2) is 57.9 Å². The van der Waals surface area contributed by atoms with Crippen LogP contribution in [-0.4, -0.2) is 17.1 Å². The summed E-state index contributed by atoms with van der Waals surface area (Å²) >= 11 is 4.83. The zero-order valence-corrected chi connectivity index (χ0v) is 15.2. The number of benzene rings is 2. The Balaban J connectivity index is 1.92. The van der Waals surface area contributed by atoms with E-state index in [4.69, 9.17) is 0 Å². The van der Waals surface area contributed by atoms with Crippen molar-refractivity contribution in [3.05, 3.63) is 53.0 Å². The van der Waals surface area contributed by atoms with Crippen LogP contribution in [0.25, 0.3) is 0 Å². The first kappa shape index (κ1) is 17.6. The van der Waals surface area contributed by atoms with Crippen molar-refractivity contribution in [1.82, 2.24) is 0 Å². The van der Waals surface area contributed by atoms with Crippen LogP contribution in [0.5, 0.6) is 0 Å². The summed E-state index contributed by atoms with van der Waals surface area (Å²) in [7, 11) is 0. The lowest BCUT2D eigenvalue weighted by Crippen LogP contribution is -2.22. The van der Waals surface area contributed by atoms with E-state index in [0.29, 0.717) is 0 Å². The van der Waals surface area contributed by atoms with Crippen molar-refractivity contribution in [3.63, 3.8) is 0 Å². The number of nitrogens with one attached hydrogen (secondary N) is 2. The van der Waals surface area contributed by atoms with Crippen molar-refractivity contribution in [2.75, 3.05) is 10.6 Å². The molecule has 2 aromatic rings. The molecule has 0 fully saturated rings. The fraction of sp³-hybridized carbons (Fsp3) is 0.176. The second kappa shape index (κ2) is 8.17. The molecule has 0 aliphatic carbocycles. The molecule has 0 saturated carbocycles. The molecule has 23 heavy (non-hydrogen) atoms. The second-order valence-electron chi connectivity index (χ2n) is 4.96. The summed E-state index contributed by atoms with van der Waals surface area (Å²) in [4.78, 5) is 24.2. The van der Waals surface area contributed by atoms with Gasteiger partial charge in [-0.15, -0.1) is 11.8 Å². The lowest BCUT2D eigenvalue weighted by atomic mass is 10.3.